The Hall–Kier alpha value is -3.48. The van der Waals surface area contributed by atoms with Gasteiger partial charge in [-0.25, -0.2) is 9.78 Å². The number of carbonyl (C=O) groups is 2. The number of aryl methyl sites for hydroxylation is 1. The Labute approximate surface area is 198 Å². The normalized spacial score (nSPS) is 23.7. The van der Waals surface area contributed by atoms with E-state index in [2.05, 4.69) is 20.5 Å². The van der Waals surface area contributed by atoms with Crippen LogP contribution in [0.2, 0.25) is 0 Å². The highest BCUT2D eigenvalue weighted by atomic mass is 19.4. The Morgan fingerprint density at radius 1 is 1.37 bits per heavy atom. The summed E-state index contributed by atoms with van der Waals surface area (Å²) < 4.78 is 44.6. The number of urea groups is 1. The van der Waals surface area contributed by atoms with Crippen molar-refractivity contribution in [2.75, 3.05) is 31.6 Å². The molecule has 4 aliphatic heterocycles. The molecule has 35 heavy (non-hydrogen) atoms. The van der Waals surface area contributed by atoms with Crippen molar-refractivity contribution in [1.82, 2.24) is 25.4 Å². The second kappa shape index (κ2) is 8.95. The summed E-state index contributed by atoms with van der Waals surface area (Å²) in [5.41, 5.74) is 1.63. The van der Waals surface area contributed by atoms with E-state index >= 15 is 0 Å². The number of ether oxygens (including phenoxy) is 1. The Bertz CT molecular complexity index is 1090. The molecule has 13 heteroatoms. The van der Waals surface area contributed by atoms with Crippen molar-refractivity contribution in [2.45, 2.75) is 43.6 Å². The first-order valence-electron chi connectivity index (χ1n) is 11.4. The summed E-state index contributed by atoms with van der Waals surface area (Å²) in [6.45, 7) is 0.647. The number of dihydropyridines is 1. The third-order valence-corrected chi connectivity index (χ3v) is 6.52. The third-order valence-electron chi connectivity index (χ3n) is 6.52. The highest BCUT2D eigenvalue weighted by molar-refractivity contribution is 5.91. The molecule has 188 valence electrons. The molecule has 3 atom stereocenters. The highest BCUT2D eigenvalue weighted by Gasteiger charge is 2.44. The van der Waals surface area contributed by atoms with Gasteiger partial charge in [0, 0.05) is 13.1 Å². The van der Waals surface area contributed by atoms with Gasteiger partial charge < -0.3 is 25.4 Å². The molecule has 3 amide bonds. The van der Waals surface area contributed by atoms with E-state index in [0.29, 0.717) is 49.2 Å². The van der Waals surface area contributed by atoms with Gasteiger partial charge in [-0.3, -0.25) is 15.0 Å². The van der Waals surface area contributed by atoms with Crippen LogP contribution in [0.4, 0.5) is 23.8 Å². The Kier molecular flexibility index (Phi) is 5.95. The Morgan fingerprint density at radius 3 is 2.97 bits per heavy atom. The molecule has 5 heterocycles. The number of aliphatic hydroxyl groups excluding tert-OH is 1. The minimum Gasteiger partial charge on any atom is -0.492 e. The van der Waals surface area contributed by atoms with Gasteiger partial charge in [0.05, 0.1) is 31.1 Å². The number of hydrogen-bond donors (Lipinski definition) is 4. The Morgan fingerprint density at radius 2 is 2.20 bits per heavy atom. The van der Waals surface area contributed by atoms with Crippen LogP contribution in [0.1, 0.15) is 18.4 Å². The van der Waals surface area contributed by atoms with E-state index < -0.39 is 36.8 Å². The van der Waals surface area contributed by atoms with Gasteiger partial charge in [0.2, 0.25) is 5.91 Å². The third kappa shape index (κ3) is 4.47. The van der Waals surface area contributed by atoms with Crippen LogP contribution in [-0.4, -0.2) is 82.4 Å². The van der Waals surface area contributed by atoms with Crippen LogP contribution >= 0.6 is 0 Å². The summed E-state index contributed by atoms with van der Waals surface area (Å²) >= 11 is 0. The van der Waals surface area contributed by atoms with E-state index in [9.17, 15) is 22.8 Å². The molecule has 5 rings (SSSR count). The SMILES string of the molecule is O=C(N[C@H](CO)C(F)(F)F)C1C=CC2=C(N1)N(C(=O)Nc1cc3c(cn1)OCCC3)[C@H]1CCN2C1. The van der Waals surface area contributed by atoms with Crippen molar-refractivity contribution in [2.24, 2.45) is 0 Å². The Balaban J connectivity index is 1.34. The minimum atomic E-state index is -4.79. The lowest BCUT2D eigenvalue weighted by Crippen LogP contribution is -2.58. The molecule has 4 aliphatic rings. The summed E-state index contributed by atoms with van der Waals surface area (Å²) in [4.78, 5) is 33.7. The van der Waals surface area contributed by atoms with Crippen LogP contribution in [0.3, 0.4) is 0 Å². The number of rotatable bonds is 4. The minimum absolute atomic E-state index is 0.183. The first-order chi connectivity index (χ1) is 16.7. The van der Waals surface area contributed by atoms with Crippen molar-refractivity contribution in [3.63, 3.8) is 0 Å². The number of allylic oxidation sites excluding steroid dienone is 1. The van der Waals surface area contributed by atoms with Crippen LogP contribution in [0.5, 0.6) is 5.75 Å². The fourth-order valence-electron chi connectivity index (χ4n) is 4.74. The average molecular weight is 494 g/mol. The number of carbonyl (C=O) groups excluding carboxylic acids is 2. The van der Waals surface area contributed by atoms with E-state index in [1.54, 1.807) is 18.3 Å². The van der Waals surface area contributed by atoms with Gasteiger partial charge >= 0.3 is 12.2 Å². The number of hydrogen-bond acceptors (Lipinski definition) is 7. The van der Waals surface area contributed by atoms with Crippen molar-refractivity contribution in [3.8, 4) is 5.75 Å². The zero-order valence-electron chi connectivity index (χ0n) is 18.6. The monoisotopic (exact) mass is 494 g/mol. The summed E-state index contributed by atoms with van der Waals surface area (Å²) in [6.07, 6.45) is 2.24. The number of nitrogens with one attached hydrogen (secondary N) is 3. The second-order valence-electron chi connectivity index (χ2n) is 8.82. The van der Waals surface area contributed by atoms with Crippen molar-refractivity contribution < 1.29 is 32.6 Å². The summed E-state index contributed by atoms with van der Waals surface area (Å²) in [5, 5.41) is 16.6. The maximum atomic E-state index is 13.4. The van der Waals surface area contributed by atoms with E-state index in [1.807, 2.05) is 5.32 Å². The molecule has 10 nitrogen and oxygen atoms in total. The molecule has 0 radical (unpaired) electrons. The van der Waals surface area contributed by atoms with Crippen LogP contribution < -0.4 is 20.7 Å². The molecule has 1 unspecified atom stereocenters. The van der Waals surface area contributed by atoms with Gasteiger partial charge in [0.15, 0.2) is 0 Å². The fourth-order valence-corrected chi connectivity index (χ4v) is 4.74. The molecule has 1 fully saturated rings. The second-order valence-corrected chi connectivity index (χ2v) is 8.82. The number of fused-ring (bicyclic) bond motifs is 4. The molecular formula is C22H25F3N6O4. The zero-order chi connectivity index (χ0) is 24.7. The number of alkyl halides is 3. The number of nitrogens with zero attached hydrogens (tertiary/aromatic N) is 3. The molecule has 0 saturated carbocycles. The first-order valence-corrected chi connectivity index (χ1v) is 11.4. The standard InChI is InChI=1S/C22H25F3N6O4/c23-22(24,25)17(11-32)28-20(33)14-3-4-15-19(27-14)31(13-5-6-30(15)10-13)21(34)29-18-8-12-2-1-7-35-16(12)9-26-18/h3-4,8-9,13-14,17,27,32H,1-2,5-7,10-11H2,(H,28,33)(H,26,29,34)/t13-,14?,17+/m0/s1. The van der Waals surface area contributed by atoms with E-state index in [-0.39, 0.29) is 6.04 Å². The van der Waals surface area contributed by atoms with Gasteiger partial charge in [-0.2, -0.15) is 13.2 Å². The van der Waals surface area contributed by atoms with Gasteiger partial charge in [-0.1, -0.05) is 6.08 Å². The zero-order valence-corrected chi connectivity index (χ0v) is 18.6. The molecule has 1 saturated heterocycles. The predicted octanol–water partition coefficient (Wildman–Crippen LogP) is 1.06. The summed E-state index contributed by atoms with van der Waals surface area (Å²) in [7, 11) is 0. The van der Waals surface area contributed by atoms with Crippen molar-refractivity contribution >= 4 is 17.8 Å². The van der Waals surface area contributed by atoms with Gasteiger partial charge in [0.1, 0.15) is 29.5 Å². The highest BCUT2D eigenvalue weighted by Crippen LogP contribution is 2.34. The summed E-state index contributed by atoms with van der Waals surface area (Å²) in [5.74, 6) is 0.427. The number of amides is 3. The molecule has 0 aromatic carbocycles. The maximum Gasteiger partial charge on any atom is 0.410 e. The number of aliphatic hydroxyl groups is 1. The lowest BCUT2D eigenvalue weighted by atomic mass is 10.1. The maximum absolute atomic E-state index is 13.4. The fraction of sp³-hybridized carbons (Fsp3) is 0.500. The summed E-state index contributed by atoms with van der Waals surface area (Å²) in [6, 6.07) is -2.41. The van der Waals surface area contributed by atoms with E-state index in [0.717, 1.165) is 18.4 Å². The molecule has 0 spiro atoms. The van der Waals surface area contributed by atoms with Crippen LogP contribution in [0.15, 0.2) is 35.9 Å². The van der Waals surface area contributed by atoms with Crippen LogP contribution in [0, 0.1) is 0 Å². The van der Waals surface area contributed by atoms with Crippen LogP contribution in [0.25, 0.3) is 0 Å². The topological polar surface area (TPSA) is 119 Å². The first kappa shape index (κ1) is 23.3. The average Bonchev–Trinajstić information content (AvgIpc) is 3.25. The number of pyridine rings is 1. The molecular weight excluding hydrogens is 469 g/mol. The van der Waals surface area contributed by atoms with E-state index in [4.69, 9.17) is 9.84 Å². The molecule has 4 N–H and O–H groups in total. The van der Waals surface area contributed by atoms with Gasteiger partial charge in [-0.05, 0) is 37.0 Å². The predicted molar refractivity (Wildman–Crippen MR) is 117 cm³/mol. The number of aromatic nitrogens is 1. The van der Waals surface area contributed by atoms with Crippen molar-refractivity contribution in [3.05, 3.63) is 41.5 Å². The van der Waals surface area contributed by atoms with Crippen LogP contribution in [-0.2, 0) is 11.2 Å². The molecule has 0 aliphatic carbocycles. The van der Waals surface area contributed by atoms with Gasteiger partial charge in [-0.15, -0.1) is 0 Å². The van der Waals surface area contributed by atoms with Crippen molar-refractivity contribution in [1.29, 1.82) is 0 Å². The molecule has 2 bridgehead atoms. The number of halogens is 3. The van der Waals surface area contributed by atoms with Gasteiger partial charge in [0.25, 0.3) is 0 Å². The largest absolute Gasteiger partial charge is 0.492 e. The lowest BCUT2D eigenvalue weighted by Gasteiger charge is -2.41. The molecule has 1 aromatic heterocycles. The lowest BCUT2D eigenvalue weighted by molar-refractivity contribution is -0.168. The smallest absolute Gasteiger partial charge is 0.410 e. The number of anilines is 1. The van der Waals surface area contributed by atoms with E-state index in [1.165, 1.54) is 11.0 Å². The quantitative estimate of drug-likeness (QED) is 0.494. The molecule has 1 aromatic rings.